The molecule has 0 saturated carbocycles. The van der Waals surface area contributed by atoms with Crippen molar-refractivity contribution in [3.8, 4) is 0 Å². The van der Waals surface area contributed by atoms with E-state index in [1.807, 2.05) is 6.92 Å². The Labute approximate surface area is 119 Å². The van der Waals surface area contributed by atoms with Gasteiger partial charge in [0.2, 0.25) is 4.75 Å². The van der Waals surface area contributed by atoms with Crippen LogP contribution >= 0.6 is 0 Å². The maximum absolute atomic E-state index is 11.9. The molecule has 1 unspecified atom stereocenters. The van der Waals surface area contributed by atoms with E-state index in [9.17, 15) is 22.6 Å². The van der Waals surface area contributed by atoms with Crippen LogP contribution in [-0.2, 0) is 24.4 Å². The average Bonchev–Trinajstić information content (AvgIpc) is 2.31. The van der Waals surface area contributed by atoms with E-state index in [-0.39, 0.29) is 13.0 Å². The summed E-state index contributed by atoms with van der Waals surface area (Å²) in [4.78, 5) is 22.8. The lowest BCUT2D eigenvalue weighted by Gasteiger charge is -2.26. The van der Waals surface area contributed by atoms with Crippen LogP contribution in [-0.4, -0.2) is 41.4 Å². The zero-order valence-corrected chi connectivity index (χ0v) is 12.6. The molecule has 2 N–H and O–H groups in total. The van der Waals surface area contributed by atoms with Gasteiger partial charge in [-0.3, -0.25) is 14.1 Å². The van der Waals surface area contributed by atoms with E-state index in [1.54, 1.807) is 0 Å². The van der Waals surface area contributed by atoms with Gasteiger partial charge in [-0.2, -0.15) is 8.42 Å². The highest BCUT2D eigenvalue weighted by molar-refractivity contribution is 7.88. The van der Waals surface area contributed by atoms with Crippen molar-refractivity contribution in [2.75, 3.05) is 6.61 Å². The van der Waals surface area contributed by atoms with Gasteiger partial charge < -0.3 is 9.84 Å². The Morgan fingerprint density at radius 3 is 2.15 bits per heavy atom. The number of rotatable bonds is 10. The van der Waals surface area contributed by atoms with Gasteiger partial charge in [0.1, 0.15) is 0 Å². The molecular formula is C12H22O7S. The zero-order valence-electron chi connectivity index (χ0n) is 11.8. The smallest absolute Gasteiger partial charge is 0.330 e. The Balaban J connectivity index is 5.33. The van der Waals surface area contributed by atoms with Crippen LogP contribution in [0.3, 0.4) is 0 Å². The highest BCUT2D eigenvalue weighted by Gasteiger charge is 2.52. The summed E-state index contributed by atoms with van der Waals surface area (Å²) in [6, 6.07) is 0. The van der Waals surface area contributed by atoms with Crippen LogP contribution in [0.1, 0.15) is 52.4 Å². The predicted octanol–water partition coefficient (Wildman–Crippen LogP) is 1.62. The summed E-state index contributed by atoms with van der Waals surface area (Å²) < 4.78 is 34.7. The van der Waals surface area contributed by atoms with Crippen LogP contribution in [0.2, 0.25) is 0 Å². The monoisotopic (exact) mass is 310 g/mol. The third-order valence-corrected chi connectivity index (χ3v) is 4.51. The molecule has 20 heavy (non-hydrogen) atoms. The predicted molar refractivity (Wildman–Crippen MR) is 71.9 cm³/mol. The second-order valence-electron chi connectivity index (χ2n) is 4.57. The molecule has 1 atom stereocenters. The van der Waals surface area contributed by atoms with Gasteiger partial charge in [0.15, 0.2) is 0 Å². The van der Waals surface area contributed by atoms with E-state index in [4.69, 9.17) is 5.11 Å². The average molecular weight is 310 g/mol. The summed E-state index contributed by atoms with van der Waals surface area (Å²) in [5, 5.41) is 8.85. The first-order valence-corrected chi connectivity index (χ1v) is 8.01. The van der Waals surface area contributed by atoms with Gasteiger partial charge in [-0.15, -0.1) is 0 Å². The van der Waals surface area contributed by atoms with Crippen LogP contribution in [0.4, 0.5) is 0 Å². The van der Waals surface area contributed by atoms with Crippen LogP contribution in [0.5, 0.6) is 0 Å². The first kappa shape index (κ1) is 18.9. The SMILES string of the molecule is CCCCCCC(CC(=O)O)(C(=O)OCC)S(=O)(=O)O. The lowest BCUT2D eigenvalue weighted by atomic mass is 9.96. The van der Waals surface area contributed by atoms with Crippen molar-refractivity contribution in [1.82, 2.24) is 0 Å². The Hall–Kier alpha value is -1.15. The van der Waals surface area contributed by atoms with Crippen molar-refractivity contribution >= 4 is 22.1 Å². The number of hydrogen-bond donors (Lipinski definition) is 2. The van der Waals surface area contributed by atoms with Crippen LogP contribution < -0.4 is 0 Å². The van der Waals surface area contributed by atoms with E-state index in [0.717, 1.165) is 12.8 Å². The van der Waals surface area contributed by atoms with E-state index < -0.39 is 33.2 Å². The Kier molecular flexibility index (Phi) is 7.74. The van der Waals surface area contributed by atoms with E-state index >= 15 is 0 Å². The molecule has 0 radical (unpaired) electrons. The van der Waals surface area contributed by atoms with Crippen molar-refractivity contribution < 1.29 is 32.4 Å². The van der Waals surface area contributed by atoms with Gasteiger partial charge in [-0.25, -0.2) is 0 Å². The molecule has 8 heteroatoms. The minimum Gasteiger partial charge on any atom is -0.481 e. The van der Waals surface area contributed by atoms with Gasteiger partial charge in [-0.05, 0) is 13.3 Å². The maximum Gasteiger partial charge on any atom is 0.330 e. The fourth-order valence-corrected chi connectivity index (χ4v) is 2.91. The van der Waals surface area contributed by atoms with Crippen molar-refractivity contribution in [2.45, 2.75) is 57.1 Å². The highest BCUT2D eigenvalue weighted by atomic mass is 32.2. The number of carbonyl (C=O) groups is 2. The van der Waals surface area contributed by atoms with Crippen LogP contribution in [0.15, 0.2) is 0 Å². The number of hydrogen-bond acceptors (Lipinski definition) is 5. The van der Waals surface area contributed by atoms with E-state index in [2.05, 4.69) is 4.74 Å². The molecule has 0 aromatic carbocycles. The number of ether oxygens (including phenoxy) is 1. The first-order valence-electron chi connectivity index (χ1n) is 6.57. The number of carboxylic acid groups (broad SMARTS) is 1. The van der Waals surface area contributed by atoms with Crippen molar-refractivity contribution in [2.24, 2.45) is 0 Å². The molecule has 0 spiro atoms. The van der Waals surface area contributed by atoms with Gasteiger partial charge >= 0.3 is 11.9 Å². The summed E-state index contributed by atoms with van der Waals surface area (Å²) in [6.07, 6.45) is 1.43. The summed E-state index contributed by atoms with van der Waals surface area (Å²) in [5.74, 6) is -2.69. The largest absolute Gasteiger partial charge is 0.481 e. The zero-order chi connectivity index (χ0) is 15.8. The second kappa shape index (κ2) is 8.21. The van der Waals surface area contributed by atoms with Crippen molar-refractivity contribution in [3.63, 3.8) is 0 Å². The highest BCUT2D eigenvalue weighted by Crippen LogP contribution is 2.30. The van der Waals surface area contributed by atoms with Gasteiger partial charge in [0, 0.05) is 0 Å². The summed E-state index contributed by atoms with van der Waals surface area (Å²) in [5.41, 5.74) is 0. The summed E-state index contributed by atoms with van der Waals surface area (Å²) in [6.45, 7) is 3.34. The lowest BCUT2D eigenvalue weighted by Crippen LogP contribution is -2.49. The molecule has 0 saturated heterocycles. The Morgan fingerprint density at radius 1 is 1.15 bits per heavy atom. The van der Waals surface area contributed by atoms with Gasteiger partial charge in [0.25, 0.3) is 10.1 Å². The molecule has 0 fully saturated rings. The quantitative estimate of drug-likeness (QED) is 0.357. The van der Waals surface area contributed by atoms with Gasteiger partial charge in [-0.1, -0.05) is 32.6 Å². The van der Waals surface area contributed by atoms with Gasteiger partial charge in [0.05, 0.1) is 13.0 Å². The fraction of sp³-hybridized carbons (Fsp3) is 0.833. The second-order valence-corrected chi connectivity index (χ2v) is 6.30. The summed E-state index contributed by atoms with van der Waals surface area (Å²) in [7, 11) is -4.89. The molecule has 118 valence electrons. The van der Waals surface area contributed by atoms with Crippen molar-refractivity contribution in [1.29, 1.82) is 0 Å². The van der Waals surface area contributed by atoms with E-state index in [0.29, 0.717) is 12.8 Å². The minimum absolute atomic E-state index is 0.0926. The topological polar surface area (TPSA) is 118 Å². The molecule has 0 amide bonds. The number of carboxylic acids is 1. The normalized spacial score (nSPS) is 14.6. The standard InChI is InChI=1S/C12H22O7S/c1-3-5-6-7-8-12(9-10(13)14,20(16,17)18)11(15)19-4-2/h3-9H2,1-2H3,(H,13,14)(H,16,17,18). The molecule has 0 aliphatic rings. The van der Waals surface area contributed by atoms with Crippen LogP contribution in [0, 0.1) is 0 Å². The molecule has 0 heterocycles. The third-order valence-electron chi connectivity index (χ3n) is 3.01. The van der Waals surface area contributed by atoms with Crippen molar-refractivity contribution in [3.05, 3.63) is 0 Å². The molecule has 0 aromatic heterocycles. The molecule has 7 nitrogen and oxygen atoms in total. The van der Waals surface area contributed by atoms with E-state index in [1.165, 1.54) is 6.92 Å². The number of carbonyl (C=O) groups excluding carboxylic acids is 1. The molecular weight excluding hydrogens is 288 g/mol. The lowest BCUT2D eigenvalue weighted by molar-refractivity contribution is -0.151. The molecule has 0 aliphatic heterocycles. The number of aliphatic carboxylic acids is 1. The third kappa shape index (κ3) is 5.09. The molecule has 0 aliphatic carbocycles. The number of unbranched alkanes of at least 4 members (excludes halogenated alkanes) is 3. The minimum atomic E-state index is -4.89. The Morgan fingerprint density at radius 2 is 1.75 bits per heavy atom. The fourth-order valence-electron chi connectivity index (χ4n) is 1.93. The Bertz CT molecular complexity index is 429. The van der Waals surface area contributed by atoms with Crippen LogP contribution in [0.25, 0.3) is 0 Å². The summed E-state index contributed by atoms with van der Waals surface area (Å²) >= 11 is 0. The number of esters is 1. The first-order chi connectivity index (χ1) is 9.21. The molecule has 0 rings (SSSR count). The molecule has 0 aromatic rings. The molecule has 0 bridgehead atoms. The maximum atomic E-state index is 11.9.